The van der Waals surface area contributed by atoms with Crippen LogP contribution in [0.25, 0.3) is 15.9 Å². The highest BCUT2D eigenvalue weighted by atomic mass is 35.5. The third-order valence-corrected chi connectivity index (χ3v) is 6.08. The first kappa shape index (κ1) is 19.2. The molecule has 0 bridgehead atoms. The summed E-state index contributed by atoms with van der Waals surface area (Å²) in [4.78, 5) is 16.4. The van der Waals surface area contributed by atoms with Gasteiger partial charge in [-0.25, -0.2) is 4.68 Å². The van der Waals surface area contributed by atoms with Gasteiger partial charge in [-0.1, -0.05) is 23.7 Å². The van der Waals surface area contributed by atoms with Crippen molar-refractivity contribution in [2.45, 2.75) is 25.8 Å². The molecule has 138 valence electrons. The Morgan fingerprint density at radius 2 is 2.00 bits per heavy atom. The van der Waals surface area contributed by atoms with E-state index in [9.17, 15) is 4.79 Å². The largest absolute Gasteiger partial charge is 0.338 e. The minimum absolute atomic E-state index is 0. The van der Waals surface area contributed by atoms with Crippen molar-refractivity contribution in [1.29, 1.82) is 0 Å². The Hall–Kier alpha value is -1.60. The molecule has 0 radical (unpaired) electrons. The van der Waals surface area contributed by atoms with Crippen molar-refractivity contribution in [2.75, 3.05) is 13.1 Å². The summed E-state index contributed by atoms with van der Waals surface area (Å²) in [5.41, 5.74) is 7.66. The number of aromatic nitrogens is 2. The molecule has 1 amide bonds. The smallest absolute Gasteiger partial charge is 0.264 e. The number of piperidine rings is 1. The zero-order valence-electron chi connectivity index (χ0n) is 14.3. The molecule has 0 unspecified atom stereocenters. The molecular formula is C18H20Cl2N4OS. The molecule has 0 aliphatic carbocycles. The van der Waals surface area contributed by atoms with E-state index in [2.05, 4.69) is 5.10 Å². The lowest BCUT2D eigenvalue weighted by molar-refractivity contribution is 0.0720. The zero-order chi connectivity index (χ0) is 17.6. The molecule has 8 heteroatoms. The molecule has 5 nitrogen and oxygen atoms in total. The van der Waals surface area contributed by atoms with Gasteiger partial charge in [-0.05, 0) is 38.0 Å². The van der Waals surface area contributed by atoms with Gasteiger partial charge in [0.2, 0.25) is 0 Å². The number of rotatable bonds is 2. The molecule has 1 saturated heterocycles. The van der Waals surface area contributed by atoms with Crippen LogP contribution in [0.15, 0.2) is 30.3 Å². The number of benzene rings is 1. The number of likely N-dealkylation sites (tertiary alicyclic amines) is 1. The van der Waals surface area contributed by atoms with Crippen LogP contribution >= 0.6 is 35.3 Å². The summed E-state index contributed by atoms with van der Waals surface area (Å²) in [7, 11) is 0. The van der Waals surface area contributed by atoms with Crippen LogP contribution in [-0.2, 0) is 0 Å². The van der Waals surface area contributed by atoms with Gasteiger partial charge in [0.05, 0.1) is 21.3 Å². The molecule has 2 aromatic heterocycles. The monoisotopic (exact) mass is 410 g/mol. The first-order valence-corrected chi connectivity index (χ1v) is 9.53. The average molecular weight is 411 g/mol. The van der Waals surface area contributed by atoms with Crippen LogP contribution in [0.4, 0.5) is 0 Å². The number of hydrogen-bond donors (Lipinski definition) is 1. The van der Waals surface area contributed by atoms with Crippen LogP contribution in [0.2, 0.25) is 5.02 Å². The lowest BCUT2D eigenvalue weighted by Gasteiger charge is -2.29. The van der Waals surface area contributed by atoms with Crippen LogP contribution in [0.5, 0.6) is 0 Å². The van der Waals surface area contributed by atoms with Gasteiger partial charge in [-0.2, -0.15) is 5.10 Å². The zero-order valence-corrected chi connectivity index (χ0v) is 16.7. The number of hydrogen-bond acceptors (Lipinski definition) is 4. The number of nitrogens with two attached hydrogens (primary N) is 1. The van der Waals surface area contributed by atoms with Gasteiger partial charge in [0.15, 0.2) is 0 Å². The number of nitrogens with zero attached hydrogens (tertiary/aromatic N) is 3. The second-order valence-electron chi connectivity index (χ2n) is 6.41. The number of amides is 1. The molecule has 1 fully saturated rings. The highest BCUT2D eigenvalue weighted by molar-refractivity contribution is 7.20. The van der Waals surface area contributed by atoms with Gasteiger partial charge in [0, 0.05) is 24.5 Å². The molecule has 0 atom stereocenters. The molecular weight excluding hydrogens is 391 g/mol. The minimum Gasteiger partial charge on any atom is -0.338 e. The Balaban J connectivity index is 0.00000196. The maximum absolute atomic E-state index is 12.8. The topological polar surface area (TPSA) is 64.2 Å². The second-order valence-corrected chi connectivity index (χ2v) is 7.85. The summed E-state index contributed by atoms with van der Waals surface area (Å²) in [5, 5.41) is 6.24. The average Bonchev–Trinajstić information content (AvgIpc) is 3.16. The summed E-state index contributed by atoms with van der Waals surface area (Å²) < 4.78 is 1.83. The predicted octanol–water partition coefficient (Wildman–Crippen LogP) is 4.03. The van der Waals surface area contributed by atoms with Crippen molar-refractivity contribution in [3.63, 3.8) is 0 Å². The Morgan fingerprint density at radius 1 is 1.31 bits per heavy atom. The van der Waals surface area contributed by atoms with Gasteiger partial charge < -0.3 is 10.6 Å². The van der Waals surface area contributed by atoms with E-state index >= 15 is 0 Å². The minimum atomic E-state index is 0. The van der Waals surface area contributed by atoms with Crippen molar-refractivity contribution in [3.8, 4) is 5.69 Å². The highest BCUT2D eigenvalue weighted by Crippen LogP contribution is 2.33. The number of thiophene rings is 1. The van der Waals surface area contributed by atoms with Crippen molar-refractivity contribution in [2.24, 2.45) is 5.73 Å². The molecule has 1 aliphatic rings. The van der Waals surface area contributed by atoms with E-state index in [-0.39, 0.29) is 24.4 Å². The number of halogens is 2. The van der Waals surface area contributed by atoms with Crippen LogP contribution in [0.3, 0.4) is 0 Å². The van der Waals surface area contributed by atoms with E-state index in [0.717, 1.165) is 52.4 Å². The van der Waals surface area contributed by atoms with Crippen LogP contribution in [0.1, 0.15) is 28.2 Å². The Morgan fingerprint density at radius 3 is 2.69 bits per heavy atom. The highest BCUT2D eigenvalue weighted by Gasteiger charge is 2.25. The molecule has 3 heterocycles. The normalized spacial score (nSPS) is 15.3. The molecule has 0 saturated carbocycles. The van der Waals surface area contributed by atoms with Crippen LogP contribution in [0, 0.1) is 6.92 Å². The fourth-order valence-electron chi connectivity index (χ4n) is 3.20. The van der Waals surface area contributed by atoms with E-state index < -0.39 is 0 Å². The SMILES string of the molecule is Cc1nn(-c2ccccc2Cl)c2sc(C(=O)N3CCC(N)CC3)cc12.Cl. The van der Waals surface area contributed by atoms with Crippen LogP contribution in [-0.4, -0.2) is 39.7 Å². The van der Waals surface area contributed by atoms with E-state index in [1.165, 1.54) is 11.3 Å². The number of carbonyl (C=O) groups excluding carboxylic acids is 1. The van der Waals surface area contributed by atoms with Crippen LogP contribution < -0.4 is 5.73 Å². The quantitative estimate of drug-likeness (QED) is 0.693. The van der Waals surface area contributed by atoms with Gasteiger partial charge in [-0.3, -0.25) is 4.79 Å². The second kappa shape index (κ2) is 7.56. The summed E-state index contributed by atoms with van der Waals surface area (Å²) >= 11 is 7.80. The maximum Gasteiger partial charge on any atom is 0.264 e. The molecule has 1 aliphatic heterocycles. The fourth-order valence-corrected chi connectivity index (χ4v) is 4.56. The lowest BCUT2D eigenvalue weighted by Crippen LogP contribution is -2.42. The van der Waals surface area contributed by atoms with E-state index in [0.29, 0.717) is 5.02 Å². The molecule has 4 rings (SSSR count). The van der Waals surface area contributed by atoms with Crippen molar-refractivity contribution in [3.05, 3.63) is 45.9 Å². The molecule has 0 spiro atoms. The van der Waals surface area contributed by atoms with Crippen molar-refractivity contribution < 1.29 is 4.79 Å². The first-order chi connectivity index (χ1) is 12.0. The summed E-state index contributed by atoms with van der Waals surface area (Å²) in [6.45, 7) is 3.41. The maximum atomic E-state index is 12.8. The standard InChI is InChI=1S/C18H19ClN4OS.ClH/c1-11-13-10-16(17(24)22-8-6-12(20)7-9-22)25-18(13)23(21-11)15-5-3-2-4-14(15)19;/h2-5,10,12H,6-9,20H2,1H3;1H. The van der Waals surface area contributed by atoms with Crippen molar-refractivity contribution >= 4 is 51.5 Å². The lowest BCUT2D eigenvalue weighted by atomic mass is 10.1. The molecule has 2 N–H and O–H groups in total. The summed E-state index contributed by atoms with van der Waals surface area (Å²) in [6.07, 6.45) is 1.73. The summed E-state index contributed by atoms with van der Waals surface area (Å²) in [6, 6.07) is 9.76. The molecule has 1 aromatic carbocycles. The Bertz CT molecular complexity index is 944. The van der Waals surface area contributed by atoms with Gasteiger partial charge in [-0.15, -0.1) is 23.7 Å². The van der Waals surface area contributed by atoms with Gasteiger partial charge in [0.1, 0.15) is 4.83 Å². The van der Waals surface area contributed by atoms with E-state index in [1.807, 2.05) is 46.8 Å². The Kier molecular flexibility index (Phi) is 5.58. The molecule has 26 heavy (non-hydrogen) atoms. The Labute approximate surface area is 167 Å². The van der Waals surface area contributed by atoms with E-state index in [4.69, 9.17) is 17.3 Å². The molecule has 3 aromatic rings. The predicted molar refractivity (Wildman–Crippen MR) is 109 cm³/mol. The third kappa shape index (κ3) is 3.34. The van der Waals surface area contributed by atoms with Gasteiger partial charge in [0.25, 0.3) is 5.91 Å². The van der Waals surface area contributed by atoms with Gasteiger partial charge >= 0.3 is 0 Å². The third-order valence-electron chi connectivity index (χ3n) is 4.66. The number of aryl methyl sites for hydroxylation is 1. The van der Waals surface area contributed by atoms with Crippen molar-refractivity contribution in [1.82, 2.24) is 14.7 Å². The number of carbonyl (C=O) groups is 1. The summed E-state index contributed by atoms with van der Waals surface area (Å²) in [5.74, 6) is 0.0817. The van der Waals surface area contributed by atoms with E-state index in [1.54, 1.807) is 0 Å². The first-order valence-electron chi connectivity index (χ1n) is 8.33. The number of fused-ring (bicyclic) bond motifs is 1. The fraction of sp³-hybridized carbons (Fsp3) is 0.333. The number of para-hydroxylation sites is 1.